The van der Waals surface area contributed by atoms with Gasteiger partial charge in [0.15, 0.2) is 5.75 Å². The van der Waals surface area contributed by atoms with Gasteiger partial charge in [-0.25, -0.2) is 14.2 Å². The van der Waals surface area contributed by atoms with Gasteiger partial charge in [0.2, 0.25) is 11.8 Å². The second kappa shape index (κ2) is 12.6. The van der Waals surface area contributed by atoms with Crippen molar-refractivity contribution in [1.82, 2.24) is 45.5 Å². The van der Waals surface area contributed by atoms with Crippen LogP contribution in [0.4, 0.5) is 4.79 Å². The van der Waals surface area contributed by atoms with E-state index in [0.29, 0.717) is 40.7 Å². The summed E-state index contributed by atoms with van der Waals surface area (Å²) >= 11 is 6.16. The Kier molecular flexibility index (Phi) is 8.53. The maximum atomic E-state index is 13.3. The molecule has 1 fully saturated rings. The van der Waals surface area contributed by atoms with Crippen molar-refractivity contribution in [2.75, 3.05) is 6.54 Å². The second-order valence-electron chi connectivity index (χ2n) is 9.47. The lowest BCUT2D eigenvalue weighted by atomic mass is 10.0. The van der Waals surface area contributed by atoms with Crippen LogP contribution < -0.4 is 15.4 Å². The number of tetrazole rings is 1. The second-order valence-corrected chi connectivity index (χ2v) is 9.90. The minimum absolute atomic E-state index is 0.131. The molecular weight excluding hydrogens is 550 g/mol. The fourth-order valence-electron chi connectivity index (χ4n) is 4.62. The number of hydrogen-bond acceptors (Lipinski definition) is 8. The molecular formula is C27H28ClN9O4. The molecule has 0 saturated carbocycles. The van der Waals surface area contributed by atoms with Crippen LogP contribution in [0.1, 0.15) is 31.7 Å². The Labute approximate surface area is 240 Å². The first-order chi connectivity index (χ1) is 19.9. The number of benzene rings is 2. The zero-order valence-corrected chi connectivity index (χ0v) is 22.9. The van der Waals surface area contributed by atoms with Gasteiger partial charge in [-0.3, -0.25) is 14.5 Å². The molecule has 0 unspecified atom stereocenters. The third-order valence-electron chi connectivity index (χ3n) is 6.70. The number of ether oxygens (including phenoxy) is 1. The highest BCUT2D eigenvalue weighted by Crippen LogP contribution is 2.25. The van der Waals surface area contributed by atoms with Crippen molar-refractivity contribution in [2.45, 2.75) is 44.8 Å². The van der Waals surface area contributed by atoms with Gasteiger partial charge >= 0.3 is 6.09 Å². The predicted molar refractivity (Wildman–Crippen MR) is 148 cm³/mol. The summed E-state index contributed by atoms with van der Waals surface area (Å²) in [5.41, 5.74) is 1.94. The van der Waals surface area contributed by atoms with Gasteiger partial charge in [0.25, 0.3) is 0 Å². The van der Waals surface area contributed by atoms with Crippen molar-refractivity contribution in [3.05, 3.63) is 77.8 Å². The van der Waals surface area contributed by atoms with E-state index in [-0.39, 0.29) is 6.54 Å². The van der Waals surface area contributed by atoms with Crippen molar-refractivity contribution in [2.24, 2.45) is 0 Å². The maximum absolute atomic E-state index is 13.3. The molecule has 13 nitrogen and oxygen atoms in total. The van der Waals surface area contributed by atoms with Crippen LogP contribution in [0.5, 0.6) is 5.75 Å². The largest absolute Gasteiger partial charge is 0.415 e. The van der Waals surface area contributed by atoms with E-state index in [9.17, 15) is 14.4 Å². The normalized spacial score (nSPS) is 15.7. The molecule has 1 aliphatic rings. The quantitative estimate of drug-likeness (QED) is 0.325. The van der Waals surface area contributed by atoms with Crippen LogP contribution in [0.15, 0.2) is 67.3 Å². The average Bonchev–Trinajstić information content (AvgIpc) is 3.71. The SMILES string of the molecule is C[C@H](NC(=O)[C@@H]1CCCCN1C(=O)Oc1ccccc1-n1cccn1)C(=O)NCc1cc(Cl)ccc1-n1cnnn1. The molecule has 4 aromatic rings. The standard InChI is InChI=1S/C27H28ClN9O4/c1-18(25(38)29-16-19-15-20(28)10-11-21(19)37-17-30-33-34-37)32-26(39)23-8-4-5-13-35(23)27(40)41-24-9-3-2-7-22(24)36-14-6-12-31-36/h2-3,6-7,9-12,14-15,17-18,23H,4-5,8,13,16H2,1H3,(H,29,38)(H,32,39)/t18-,23-/m0/s1. The van der Waals surface area contributed by atoms with E-state index in [4.69, 9.17) is 16.3 Å². The number of hydrogen-bond donors (Lipinski definition) is 2. The van der Waals surface area contributed by atoms with Gasteiger partial charge in [0.05, 0.1) is 5.69 Å². The number of para-hydroxylation sites is 2. The van der Waals surface area contributed by atoms with E-state index < -0.39 is 30.0 Å². The molecule has 41 heavy (non-hydrogen) atoms. The monoisotopic (exact) mass is 577 g/mol. The molecule has 2 atom stereocenters. The van der Waals surface area contributed by atoms with Gasteiger partial charge < -0.3 is 15.4 Å². The molecule has 0 radical (unpaired) electrons. The lowest BCUT2D eigenvalue weighted by Crippen LogP contribution is -2.56. The minimum atomic E-state index is -0.862. The fraction of sp³-hybridized carbons (Fsp3) is 0.296. The average molecular weight is 578 g/mol. The van der Waals surface area contributed by atoms with E-state index >= 15 is 0 Å². The van der Waals surface area contributed by atoms with Crippen molar-refractivity contribution in [3.8, 4) is 17.1 Å². The van der Waals surface area contributed by atoms with Crippen LogP contribution in [0.25, 0.3) is 11.4 Å². The summed E-state index contributed by atoms with van der Waals surface area (Å²) in [5, 5.41) is 21.4. The van der Waals surface area contributed by atoms with Crippen LogP contribution in [-0.4, -0.2) is 71.4 Å². The lowest BCUT2D eigenvalue weighted by molar-refractivity contribution is -0.131. The van der Waals surface area contributed by atoms with Gasteiger partial charge in [-0.2, -0.15) is 5.10 Å². The molecule has 0 bridgehead atoms. The number of amides is 3. The summed E-state index contributed by atoms with van der Waals surface area (Å²) < 4.78 is 8.78. The Bertz CT molecular complexity index is 1510. The highest BCUT2D eigenvalue weighted by atomic mass is 35.5. The number of piperidine rings is 1. The molecule has 1 aliphatic heterocycles. The molecule has 3 heterocycles. The first kappa shape index (κ1) is 27.8. The van der Waals surface area contributed by atoms with Crippen molar-refractivity contribution < 1.29 is 19.1 Å². The molecule has 3 amide bonds. The molecule has 2 aromatic carbocycles. The van der Waals surface area contributed by atoms with Gasteiger partial charge in [-0.05, 0) is 78.6 Å². The first-order valence-corrected chi connectivity index (χ1v) is 13.5. The zero-order chi connectivity index (χ0) is 28.8. The van der Waals surface area contributed by atoms with Crippen molar-refractivity contribution in [1.29, 1.82) is 0 Å². The molecule has 2 N–H and O–H groups in total. The molecule has 0 aliphatic carbocycles. The molecule has 212 valence electrons. The zero-order valence-electron chi connectivity index (χ0n) is 22.2. The predicted octanol–water partition coefficient (Wildman–Crippen LogP) is 2.68. The van der Waals surface area contributed by atoms with Crippen LogP contribution in [0.3, 0.4) is 0 Å². The third-order valence-corrected chi connectivity index (χ3v) is 6.93. The van der Waals surface area contributed by atoms with Gasteiger partial charge in [0, 0.05) is 30.5 Å². The fourth-order valence-corrected chi connectivity index (χ4v) is 4.82. The highest BCUT2D eigenvalue weighted by Gasteiger charge is 2.35. The van der Waals surface area contributed by atoms with Crippen molar-refractivity contribution in [3.63, 3.8) is 0 Å². The van der Waals surface area contributed by atoms with Gasteiger partial charge in [0.1, 0.15) is 24.1 Å². The Balaban J connectivity index is 1.21. The van der Waals surface area contributed by atoms with Crippen LogP contribution in [-0.2, 0) is 16.1 Å². The Morgan fingerprint density at radius 2 is 1.95 bits per heavy atom. The molecule has 0 spiro atoms. The minimum Gasteiger partial charge on any atom is -0.408 e. The Morgan fingerprint density at radius 3 is 2.73 bits per heavy atom. The van der Waals surface area contributed by atoms with E-state index in [2.05, 4.69) is 31.3 Å². The first-order valence-electron chi connectivity index (χ1n) is 13.1. The summed E-state index contributed by atoms with van der Waals surface area (Å²) in [6, 6.07) is 12.3. The Morgan fingerprint density at radius 1 is 1.10 bits per heavy atom. The Hall–Kier alpha value is -4.78. The van der Waals surface area contributed by atoms with Gasteiger partial charge in [-0.15, -0.1) is 5.10 Å². The number of aromatic nitrogens is 6. The lowest BCUT2D eigenvalue weighted by Gasteiger charge is -2.34. The number of nitrogens with zero attached hydrogens (tertiary/aromatic N) is 7. The maximum Gasteiger partial charge on any atom is 0.415 e. The highest BCUT2D eigenvalue weighted by molar-refractivity contribution is 6.30. The molecule has 5 rings (SSSR count). The van der Waals surface area contributed by atoms with Crippen LogP contribution in [0, 0.1) is 0 Å². The molecule has 2 aromatic heterocycles. The number of rotatable bonds is 8. The number of halogens is 1. The number of nitrogens with one attached hydrogen (secondary N) is 2. The molecule has 1 saturated heterocycles. The van der Waals surface area contributed by atoms with E-state index in [1.807, 2.05) is 6.07 Å². The summed E-state index contributed by atoms with van der Waals surface area (Å²) in [7, 11) is 0. The summed E-state index contributed by atoms with van der Waals surface area (Å²) in [6.07, 6.45) is 6.12. The third kappa shape index (κ3) is 6.52. The van der Waals surface area contributed by atoms with E-state index in [1.54, 1.807) is 66.5 Å². The smallest absolute Gasteiger partial charge is 0.408 e. The summed E-state index contributed by atoms with van der Waals surface area (Å²) in [6.45, 7) is 2.07. The summed E-state index contributed by atoms with van der Waals surface area (Å²) in [4.78, 5) is 40.8. The van der Waals surface area contributed by atoms with E-state index in [0.717, 1.165) is 12.8 Å². The topological polar surface area (TPSA) is 149 Å². The van der Waals surface area contributed by atoms with Gasteiger partial charge in [-0.1, -0.05) is 23.7 Å². The number of carbonyl (C=O) groups excluding carboxylic acids is 3. The summed E-state index contributed by atoms with van der Waals surface area (Å²) in [5.74, 6) is -0.512. The van der Waals surface area contributed by atoms with Crippen molar-refractivity contribution >= 4 is 29.5 Å². The number of likely N-dealkylation sites (tertiary alicyclic amines) is 1. The van der Waals surface area contributed by atoms with Crippen LogP contribution in [0.2, 0.25) is 5.02 Å². The number of carbonyl (C=O) groups is 3. The molecule has 14 heteroatoms. The van der Waals surface area contributed by atoms with Crippen LogP contribution >= 0.6 is 11.6 Å². The van der Waals surface area contributed by atoms with E-state index in [1.165, 1.54) is 15.9 Å².